The average molecular weight is 595 g/mol. The molecule has 2 atom stereocenters. The lowest BCUT2D eigenvalue weighted by Crippen LogP contribution is -2.25. The number of hydrogen-bond donors (Lipinski definition) is 2. The SMILES string of the molecule is C=C(C)C=O.CCCc1ccc(C2CCc3cc(-c4ccc(CCC5CCC(C(CO)CCO)CC5)cc4)ccc3C2)cc1. The third-order valence-corrected chi connectivity index (χ3v) is 10.0. The van der Waals surface area contributed by atoms with E-state index in [0.717, 1.165) is 31.5 Å². The minimum atomic E-state index is 0.196. The Kier molecular flexibility index (Phi) is 13.4. The number of aldehydes is 1. The maximum Gasteiger partial charge on any atom is 0.145 e. The summed E-state index contributed by atoms with van der Waals surface area (Å²) in [6.45, 7) is 7.63. The number of aliphatic hydroxyl groups is 2. The predicted octanol–water partition coefficient (Wildman–Crippen LogP) is 9.07. The van der Waals surface area contributed by atoms with Crippen LogP contribution < -0.4 is 0 Å². The molecule has 0 aliphatic heterocycles. The van der Waals surface area contributed by atoms with Gasteiger partial charge in [-0.25, -0.2) is 0 Å². The zero-order valence-electron chi connectivity index (χ0n) is 27.1. The van der Waals surface area contributed by atoms with Gasteiger partial charge in [0.2, 0.25) is 0 Å². The molecule has 3 nitrogen and oxygen atoms in total. The number of carbonyl (C=O) groups is 1. The van der Waals surface area contributed by atoms with Gasteiger partial charge in [-0.3, -0.25) is 4.79 Å². The number of aryl methyl sites for hydroxylation is 3. The van der Waals surface area contributed by atoms with Crippen LogP contribution in [0.4, 0.5) is 0 Å². The monoisotopic (exact) mass is 594 g/mol. The Hall–Kier alpha value is -3.01. The Bertz CT molecular complexity index is 1300. The van der Waals surface area contributed by atoms with E-state index >= 15 is 0 Å². The van der Waals surface area contributed by atoms with Gasteiger partial charge in [0.05, 0.1) is 0 Å². The van der Waals surface area contributed by atoms with E-state index in [2.05, 4.69) is 80.2 Å². The molecule has 2 aliphatic carbocycles. The summed E-state index contributed by atoms with van der Waals surface area (Å²) in [6.07, 6.45) is 14.8. The van der Waals surface area contributed by atoms with Gasteiger partial charge in [-0.15, -0.1) is 0 Å². The number of carbonyl (C=O) groups excluding carboxylic acids is 1. The second kappa shape index (κ2) is 17.5. The molecule has 0 bridgehead atoms. The van der Waals surface area contributed by atoms with E-state index in [1.807, 2.05) is 0 Å². The third kappa shape index (κ3) is 9.74. The van der Waals surface area contributed by atoms with Gasteiger partial charge in [0, 0.05) is 13.2 Å². The number of benzene rings is 3. The molecule has 3 aromatic rings. The fourth-order valence-electron chi connectivity index (χ4n) is 7.29. The summed E-state index contributed by atoms with van der Waals surface area (Å²) < 4.78 is 0. The second-order valence-corrected chi connectivity index (χ2v) is 13.4. The highest BCUT2D eigenvalue weighted by Gasteiger charge is 2.27. The van der Waals surface area contributed by atoms with Crippen molar-refractivity contribution in [2.45, 2.75) is 96.8 Å². The molecule has 44 heavy (non-hydrogen) atoms. The van der Waals surface area contributed by atoms with Crippen LogP contribution in [0.2, 0.25) is 0 Å². The molecule has 3 aromatic carbocycles. The van der Waals surface area contributed by atoms with Crippen LogP contribution in [0.15, 0.2) is 78.9 Å². The molecular weight excluding hydrogens is 540 g/mol. The van der Waals surface area contributed by atoms with E-state index < -0.39 is 0 Å². The molecule has 1 fully saturated rings. The molecule has 2 N–H and O–H groups in total. The van der Waals surface area contributed by atoms with E-state index in [9.17, 15) is 15.0 Å². The Morgan fingerprint density at radius 1 is 0.864 bits per heavy atom. The highest BCUT2D eigenvalue weighted by molar-refractivity contribution is 5.70. The largest absolute Gasteiger partial charge is 0.396 e. The molecule has 0 spiro atoms. The lowest BCUT2D eigenvalue weighted by Gasteiger charge is -2.33. The van der Waals surface area contributed by atoms with Crippen LogP contribution in [0.5, 0.6) is 0 Å². The van der Waals surface area contributed by atoms with Crippen molar-refractivity contribution in [3.8, 4) is 11.1 Å². The van der Waals surface area contributed by atoms with Gasteiger partial charge in [-0.1, -0.05) is 99.5 Å². The van der Waals surface area contributed by atoms with Crippen LogP contribution in [0, 0.1) is 17.8 Å². The molecule has 0 radical (unpaired) electrons. The van der Waals surface area contributed by atoms with Crippen molar-refractivity contribution in [2.24, 2.45) is 17.8 Å². The molecule has 3 heteroatoms. The fourth-order valence-corrected chi connectivity index (χ4v) is 7.29. The summed E-state index contributed by atoms with van der Waals surface area (Å²) in [7, 11) is 0. The fraction of sp³-hybridized carbons (Fsp3) is 0.488. The van der Waals surface area contributed by atoms with Gasteiger partial charge in [0.25, 0.3) is 0 Å². The van der Waals surface area contributed by atoms with Gasteiger partial charge in [0.1, 0.15) is 6.29 Å². The number of allylic oxidation sites excluding steroid dienone is 1. The molecule has 0 saturated heterocycles. The Balaban J connectivity index is 0.000000818. The number of hydrogen-bond acceptors (Lipinski definition) is 3. The van der Waals surface area contributed by atoms with Crippen LogP contribution in [-0.4, -0.2) is 29.7 Å². The summed E-state index contributed by atoms with van der Waals surface area (Å²) in [6, 6.07) is 25.9. The Labute approximate surface area is 266 Å². The Morgan fingerprint density at radius 2 is 1.50 bits per heavy atom. The summed E-state index contributed by atoms with van der Waals surface area (Å²) in [5.74, 6) is 2.33. The Morgan fingerprint density at radius 3 is 2.11 bits per heavy atom. The van der Waals surface area contributed by atoms with Crippen LogP contribution in [0.25, 0.3) is 11.1 Å². The highest BCUT2D eigenvalue weighted by Crippen LogP contribution is 2.37. The maximum absolute atomic E-state index is 9.65. The van der Waals surface area contributed by atoms with Gasteiger partial charge in [-0.2, -0.15) is 0 Å². The zero-order valence-corrected chi connectivity index (χ0v) is 27.1. The normalized spacial score (nSPS) is 20.1. The van der Waals surface area contributed by atoms with Crippen molar-refractivity contribution in [1.29, 1.82) is 0 Å². The van der Waals surface area contributed by atoms with Crippen molar-refractivity contribution in [2.75, 3.05) is 13.2 Å². The summed E-state index contributed by atoms with van der Waals surface area (Å²) in [5, 5.41) is 18.9. The smallest absolute Gasteiger partial charge is 0.145 e. The first-order valence-electron chi connectivity index (χ1n) is 17.1. The van der Waals surface area contributed by atoms with E-state index in [0.29, 0.717) is 17.4 Å². The molecule has 0 aromatic heterocycles. The van der Waals surface area contributed by atoms with Crippen molar-refractivity contribution < 1.29 is 15.0 Å². The summed E-state index contributed by atoms with van der Waals surface area (Å²) in [5.41, 5.74) is 10.7. The van der Waals surface area contributed by atoms with Gasteiger partial charge in [-0.05, 0) is 133 Å². The molecule has 236 valence electrons. The zero-order chi connectivity index (χ0) is 31.3. The maximum atomic E-state index is 9.65. The number of rotatable bonds is 12. The average Bonchev–Trinajstić information content (AvgIpc) is 3.07. The van der Waals surface area contributed by atoms with Crippen LogP contribution in [0.3, 0.4) is 0 Å². The van der Waals surface area contributed by atoms with E-state index in [1.165, 1.54) is 96.7 Å². The molecule has 0 heterocycles. The molecule has 2 aliphatic rings. The molecule has 1 saturated carbocycles. The summed E-state index contributed by atoms with van der Waals surface area (Å²) in [4.78, 5) is 9.41. The van der Waals surface area contributed by atoms with Gasteiger partial charge < -0.3 is 10.2 Å². The van der Waals surface area contributed by atoms with Crippen molar-refractivity contribution in [3.05, 3.63) is 107 Å². The minimum Gasteiger partial charge on any atom is -0.396 e. The quantitative estimate of drug-likeness (QED) is 0.162. The standard InChI is InChI=1S/C37H48O2.C4H6O/c1-2-3-27-6-12-30(13-7-27)33-18-20-36-25-34(19-21-35(36)24-33)31-14-8-28(9-15-31)4-5-29-10-16-32(17-11-29)37(26-39)22-23-38;1-4(2)3-5/h6-9,12-15,19,21,25,29,32-33,37-39H,2-5,10-11,16-18,20,22-24,26H2,1H3;3H,1H2,2H3. The van der Waals surface area contributed by atoms with Crippen LogP contribution in [-0.2, 0) is 30.5 Å². The van der Waals surface area contributed by atoms with Crippen molar-refractivity contribution in [3.63, 3.8) is 0 Å². The highest BCUT2D eigenvalue weighted by atomic mass is 16.3. The first-order chi connectivity index (χ1) is 21.4. The molecule has 0 amide bonds. The first kappa shape index (κ1) is 33.9. The third-order valence-electron chi connectivity index (χ3n) is 10.0. The minimum absolute atomic E-state index is 0.196. The van der Waals surface area contributed by atoms with Gasteiger partial charge in [0.15, 0.2) is 0 Å². The topological polar surface area (TPSA) is 57.5 Å². The van der Waals surface area contributed by atoms with Gasteiger partial charge >= 0.3 is 0 Å². The predicted molar refractivity (Wildman–Crippen MR) is 184 cm³/mol. The van der Waals surface area contributed by atoms with Crippen LogP contribution >= 0.6 is 0 Å². The van der Waals surface area contributed by atoms with E-state index in [1.54, 1.807) is 6.92 Å². The number of fused-ring (bicyclic) bond motifs is 1. The lowest BCUT2D eigenvalue weighted by molar-refractivity contribution is -0.104. The van der Waals surface area contributed by atoms with Crippen molar-refractivity contribution >= 4 is 6.29 Å². The molecular formula is C41H54O3. The second-order valence-electron chi connectivity index (χ2n) is 13.4. The van der Waals surface area contributed by atoms with Crippen molar-refractivity contribution in [1.82, 2.24) is 0 Å². The van der Waals surface area contributed by atoms with Crippen LogP contribution in [0.1, 0.15) is 98.9 Å². The molecule has 2 unspecified atom stereocenters. The summed E-state index contributed by atoms with van der Waals surface area (Å²) >= 11 is 0. The van der Waals surface area contributed by atoms with E-state index in [4.69, 9.17) is 0 Å². The first-order valence-corrected chi connectivity index (χ1v) is 17.1. The molecule has 5 rings (SSSR count). The lowest BCUT2D eigenvalue weighted by atomic mass is 9.74. The van der Waals surface area contributed by atoms with E-state index in [-0.39, 0.29) is 19.1 Å². The number of aliphatic hydroxyl groups excluding tert-OH is 2.